The van der Waals surface area contributed by atoms with Gasteiger partial charge in [0.05, 0.1) is 32.6 Å². The third-order valence-electron chi connectivity index (χ3n) is 6.11. The van der Waals surface area contributed by atoms with Gasteiger partial charge in [0.2, 0.25) is 0 Å². The molecule has 174 valence electrons. The average molecular weight is 496 g/mol. The molecule has 0 amide bonds. The first-order valence-corrected chi connectivity index (χ1v) is 12.8. The van der Waals surface area contributed by atoms with Gasteiger partial charge < -0.3 is 9.67 Å². The maximum absolute atomic E-state index is 13.7. The van der Waals surface area contributed by atoms with E-state index < -0.39 is 15.8 Å². The lowest BCUT2D eigenvalue weighted by atomic mass is 10.1. The zero-order valence-corrected chi connectivity index (χ0v) is 19.9. The number of carboxylic acids is 1. The molecule has 7 nitrogen and oxygen atoms in total. The van der Waals surface area contributed by atoms with Crippen molar-refractivity contribution in [3.63, 3.8) is 0 Å². The fraction of sp³-hybridized carbons (Fsp3) is 0.200. The molecule has 1 saturated carbocycles. The van der Waals surface area contributed by atoms with E-state index in [1.807, 2.05) is 35.2 Å². The van der Waals surface area contributed by atoms with Crippen LogP contribution in [-0.4, -0.2) is 33.8 Å². The normalized spacial score (nSPS) is 13.8. The van der Waals surface area contributed by atoms with Crippen molar-refractivity contribution < 1.29 is 18.3 Å². The van der Waals surface area contributed by atoms with Crippen LogP contribution >= 0.6 is 11.6 Å². The van der Waals surface area contributed by atoms with Crippen molar-refractivity contribution in [2.24, 2.45) is 7.05 Å². The largest absolute Gasteiger partial charge is 0.478 e. The molecule has 1 N–H and O–H groups in total. The number of sulfone groups is 1. The molecule has 0 atom stereocenters. The van der Waals surface area contributed by atoms with E-state index >= 15 is 0 Å². The van der Waals surface area contributed by atoms with Gasteiger partial charge in [-0.3, -0.25) is 4.68 Å². The Labute approximate surface area is 202 Å². The van der Waals surface area contributed by atoms with Crippen LogP contribution in [0.4, 0.5) is 0 Å². The molecule has 1 aliphatic rings. The predicted octanol–water partition coefficient (Wildman–Crippen LogP) is 5.08. The van der Waals surface area contributed by atoms with Crippen LogP contribution in [0.3, 0.4) is 0 Å². The minimum atomic E-state index is -3.87. The van der Waals surface area contributed by atoms with E-state index in [4.69, 9.17) is 11.6 Å². The van der Waals surface area contributed by atoms with Crippen LogP contribution in [0.15, 0.2) is 72.0 Å². The fourth-order valence-corrected chi connectivity index (χ4v) is 6.20. The number of aromatic carboxylic acids is 1. The third kappa shape index (κ3) is 4.15. The Balaban J connectivity index is 1.66. The van der Waals surface area contributed by atoms with Crippen molar-refractivity contribution in [3.8, 4) is 16.9 Å². The van der Waals surface area contributed by atoms with E-state index in [9.17, 15) is 18.3 Å². The summed E-state index contributed by atoms with van der Waals surface area (Å²) in [6.45, 7) is 0. The van der Waals surface area contributed by atoms with Gasteiger partial charge in [0, 0.05) is 31.2 Å². The monoisotopic (exact) mass is 495 g/mol. The van der Waals surface area contributed by atoms with Gasteiger partial charge in [0.25, 0.3) is 0 Å². The van der Waals surface area contributed by atoms with Crippen LogP contribution in [0.1, 0.15) is 40.2 Å². The highest BCUT2D eigenvalue weighted by atomic mass is 35.5. The van der Waals surface area contributed by atoms with Gasteiger partial charge in [0.15, 0.2) is 9.84 Å². The summed E-state index contributed by atoms with van der Waals surface area (Å²) < 4.78 is 31.0. The molecule has 0 saturated heterocycles. The molecule has 1 fully saturated rings. The lowest BCUT2D eigenvalue weighted by molar-refractivity contribution is 0.0696. The van der Waals surface area contributed by atoms with E-state index in [0.717, 1.165) is 18.5 Å². The molecule has 0 unspecified atom stereocenters. The smallest absolute Gasteiger partial charge is 0.335 e. The number of nitrogens with zero attached hydrogens (tertiary/aromatic N) is 3. The first-order chi connectivity index (χ1) is 16.2. The number of hydrogen-bond donors (Lipinski definition) is 1. The van der Waals surface area contributed by atoms with Crippen LogP contribution < -0.4 is 0 Å². The SMILES string of the molecule is Cn1nccc1-c1cc(CS(=O)(=O)c2cc(C(=O)O)ccc2C2CC2)c(-n2cccc2)cc1Cl. The Kier molecular flexibility index (Phi) is 5.58. The molecular formula is C25H22ClN3O4S. The number of rotatable bonds is 7. The molecule has 9 heteroatoms. The van der Waals surface area contributed by atoms with Crippen molar-refractivity contribution in [2.75, 3.05) is 0 Å². The molecule has 2 aromatic carbocycles. The zero-order valence-electron chi connectivity index (χ0n) is 18.3. The third-order valence-corrected chi connectivity index (χ3v) is 8.13. The summed E-state index contributed by atoms with van der Waals surface area (Å²) in [4.78, 5) is 11.7. The number of aromatic nitrogens is 3. The minimum Gasteiger partial charge on any atom is -0.478 e. The van der Waals surface area contributed by atoms with E-state index in [1.54, 1.807) is 36.1 Å². The summed E-state index contributed by atoms with van der Waals surface area (Å²) in [6, 6.07) is 13.5. The highest BCUT2D eigenvalue weighted by molar-refractivity contribution is 7.90. The number of hydrogen-bond acceptors (Lipinski definition) is 4. The van der Waals surface area contributed by atoms with Gasteiger partial charge in [-0.2, -0.15) is 5.10 Å². The first kappa shape index (κ1) is 22.4. The van der Waals surface area contributed by atoms with Crippen molar-refractivity contribution in [3.05, 3.63) is 88.8 Å². The van der Waals surface area contributed by atoms with Crippen LogP contribution in [-0.2, 0) is 22.6 Å². The van der Waals surface area contributed by atoms with Gasteiger partial charge in [-0.25, -0.2) is 13.2 Å². The number of aryl methyl sites for hydroxylation is 1. The summed E-state index contributed by atoms with van der Waals surface area (Å²) in [7, 11) is -2.08. The number of carbonyl (C=O) groups is 1. The molecule has 2 aromatic heterocycles. The van der Waals surface area contributed by atoms with Crippen LogP contribution in [0.2, 0.25) is 5.02 Å². The van der Waals surface area contributed by atoms with Gasteiger partial charge in [0.1, 0.15) is 0 Å². The van der Waals surface area contributed by atoms with Gasteiger partial charge >= 0.3 is 5.97 Å². The topological polar surface area (TPSA) is 94.2 Å². The maximum atomic E-state index is 13.7. The minimum absolute atomic E-state index is 0.0414. The Morgan fingerprint density at radius 2 is 1.88 bits per heavy atom. The highest BCUT2D eigenvalue weighted by Crippen LogP contribution is 2.44. The van der Waals surface area contributed by atoms with Gasteiger partial charge in [-0.05, 0) is 72.4 Å². The quantitative estimate of drug-likeness (QED) is 0.386. The second-order valence-corrected chi connectivity index (χ2v) is 10.8. The van der Waals surface area contributed by atoms with E-state index in [0.29, 0.717) is 27.4 Å². The Hall–Kier alpha value is -3.36. The molecule has 5 rings (SSSR count). The summed E-state index contributed by atoms with van der Waals surface area (Å²) in [5.41, 5.74) is 3.28. The zero-order chi connectivity index (χ0) is 24.0. The molecule has 2 heterocycles. The van der Waals surface area contributed by atoms with Gasteiger partial charge in [-0.1, -0.05) is 17.7 Å². The van der Waals surface area contributed by atoms with Gasteiger partial charge in [-0.15, -0.1) is 0 Å². The summed E-state index contributed by atoms with van der Waals surface area (Å²) >= 11 is 6.63. The maximum Gasteiger partial charge on any atom is 0.335 e. The molecule has 4 aromatic rings. The average Bonchev–Trinajstić information content (AvgIpc) is 3.32. The van der Waals surface area contributed by atoms with Crippen molar-refractivity contribution in [1.82, 2.24) is 14.3 Å². The molecule has 0 spiro atoms. The predicted molar refractivity (Wildman–Crippen MR) is 129 cm³/mol. The molecule has 0 bridgehead atoms. The molecule has 34 heavy (non-hydrogen) atoms. The first-order valence-electron chi connectivity index (χ1n) is 10.8. The van der Waals surface area contributed by atoms with Crippen LogP contribution in [0.25, 0.3) is 16.9 Å². The lowest BCUT2D eigenvalue weighted by Crippen LogP contribution is -2.12. The molecular weight excluding hydrogens is 474 g/mol. The summed E-state index contributed by atoms with van der Waals surface area (Å²) in [5.74, 6) is -1.31. The molecule has 0 aliphatic heterocycles. The van der Waals surface area contributed by atoms with Crippen molar-refractivity contribution in [2.45, 2.75) is 29.4 Å². The van der Waals surface area contributed by atoms with Crippen molar-refractivity contribution in [1.29, 1.82) is 0 Å². The highest BCUT2D eigenvalue weighted by Gasteiger charge is 2.32. The fourth-order valence-electron chi connectivity index (χ4n) is 4.24. The Morgan fingerprint density at radius 3 is 2.50 bits per heavy atom. The van der Waals surface area contributed by atoms with Crippen molar-refractivity contribution >= 4 is 27.4 Å². The van der Waals surface area contributed by atoms with E-state index in [2.05, 4.69) is 5.10 Å². The van der Waals surface area contributed by atoms with E-state index in [1.165, 1.54) is 12.1 Å². The second kappa shape index (κ2) is 8.45. The molecule has 0 radical (unpaired) electrons. The van der Waals surface area contributed by atoms with Crippen LogP contribution in [0.5, 0.6) is 0 Å². The second-order valence-electron chi connectivity index (χ2n) is 8.48. The lowest BCUT2D eigenvalue weighted by Gasteiger charge is -2.17. The summed E-state index contributed by atoms with van der Waals surface area (Å²) in [6.07, 6.45) is 7.10. The standard InChI is InChI=1S/C25H22ClN3O4S/c1-28-22(8-9-27-28)20-12-18(23(14-21(20)26)29-10-2-3-11-29)15-34(32,33)24-13-17(25(30)31)6-7-19(24)16-4-5-16/h2-3,6-14,16H,4-5,15H2,1H3,(H,30,31). The van der Waals surface area contributed by atoms with E-state index in [-0.39, 0.29) is 22.1 Å². The number of halogens is 1. The Morgan fingerprint density at radius 1 is 1.15 bits per heavy atom. The number of carboxylic acid groups (broad SMARTS) is 1. The Bertz CT molecular complexity index is 1500. The number of benzene rings is 2. The molecule has 1 aliphatic carbocycles. The summed E-state index contributed by atoms with van der Waals surface area (Å²) in [5, 5.41) is 14.1. The van der Waals surface area contributed by atoms with Crippen LogP contribution in [0, 0.1) is 0 Å².